The molecule has 21 heavy (non-hydrogen) atoms. The van der Waals surface area contributed by atoms with Crippen LogP contribution < -0.4 is 4.74 Å². The highest BCUT2D eigenvalue weighted by Gasteiger charge is 2.10. The fourth-order valence-corrected chi connectivity index (χ4v) is 2.49. The maximum absolute atomic E-state index is 11.6. The van der Waals surface area contributed by atoms with E-state index in [1.807, 2.05) is 36.4 Å². The number of ether oxygens (including phenoxy) is 1. The smallest absolute Gasteiger partial charge is 0.230 e. The van der Waals surface area contributed by atoms with Crippen LogP contribution in [0.2, 0.25) is 0 Å². The fraction of sp³-hybridized carbons (Fsp3) is 0.0588. The van der Waals surface area contributed by atoms with Gasteiger partial charge in [-0.25, -0.2) is 4.98 Å². The van der Waals surface area contributed by atoms with Crippen molar-refractivity contribution in [1.82, 2.24) is 4.98 Å². The van der Waals surface area contributed by atoms with Crippen molar-refractivity contribution < 1.29 is 9.53 Å². The Balaban J connectivity index is 1.99. The first-order valence-electron chi connectivity index (χ1n) is 6.46. The molecule has 0 fully saturated rings. The summed E-state index contributed by atoms with van der Waals surface area (Å²) in [5.74, 6) is 0.926. The molecule has 0 unspecified atom stereocenters. The first-order valence-corrected chi connectivity index (χ1v) is 7.26. The zero-order valence-corrected chi connectivity index (χ0v) is 12.9. The normalized spacial score (nSPS) is 10.6. The molecule has 0 radical (unpaired) electrons. The number of carbonyl (C=O) groups excluding carboxylic acids is 1. The van der Waals surface area contributed by atoms with Crippen LogP contribution in [0.25, 0.3) is 10.8 Å². The van der Waals surface area contributed by atoms with Crippen LogP contribution in [0.4, 0.5) is 0 Å². The van der Waals surface area contributed by atoms with E-state index in [9.17, 15) is 4.79 Å². The Hall–Kier alpha value is -2.20. The van der Waals surface area contributed by atoms with Gasteiger partial charge in [0, 0.05) is 10.7 Å². The van der Waals surface area contributed by atoms with Crippen molar-refractivity contribution in [1.29, 1.82) is 0 Å². The molecular formula is C17H12BrNO2. The van der Waals surface area contributed by atoms with E-state index in [0.717, 1.165) is 15.2 Å². The predicted octanol–water partition coefficient (Wildman–Crippen LogP) is 4.99. The predicted molar refractivity (Wildman–Crippen MR) is 86.0 cm³/mol. The maximum Gasteiger partial charge on any atom is 0.230 e. The second kappa shape index (κ2) is 5.66. The standard InChI is InChI=1S/C17H12BrNO2/c1-11(20)16-3-2-8-19-17(16)21-15-7-5-12-9-14(18)6-4-13(12)10-15/h2-10H,1H3. The Morgan fingerprint density at radius 1 is 1.10 bits per heavy atom. The number of rotatable bonds is 3. The number of Topliss-reactive ketones (excluding diaryl/α,β-unsaturated/α-hetero) is 1. The van der Waals surface area contributed by atoms with Crippen LogP contribution in [0.15, 0.2) is 59.2 Å². The van der Waals surface area contributed by atoms with Crippen LogP contribution in [0.1, 0.15) is 17.3 Å². The van der Waals surface area contributed by atoms with Crippen molar-refractivity contribution in [2.24, 2.45) is 0 Å². The second-order valence-corrected chi connectivity index (χ2v) is 5.58. The van der Waals surface area contributed by atoms with Crippen LogP contribution in [0.3, 0.4) is 0 Å². The minimum absolute atomic E-state index is 0.0668. The lowest BCUT2D eigenvalue weighted by molar-refractivity contribution is 0.101. The van der Waals surface area contributed by atoms with E-state index >= 15 is 0 Å². The molecule has 0 aliphatic carbocycles. The van der Waals surface area contributed by atoms with Gasteiger partial charge in [0.2, 0.25) is 5.88 Å². The molecule has 0 bridgehead atoms. The van der Waals surface area contributed by atoms with Gasteiger partial charge < -0.3 is 4.74 Å². The summed E-state index contributed by atoms with van der Waals surface area (Å²) in [5, 5.41) is 2.18. The number of hydrogen-bond acceptors (Lipinski definition) is 3. The van der Waals surface area contributed by atoms with Crippen molar-refractivity contribution in [2.75, 3.05) is 0 Å². The Bertz CT molecular complexity index is 830. The van der Waals surface area contributed by atoms with Crippen LogP contribution in [-0.2, 0) is 0 Å². The molecule has 0 aliphatic rings. The van der Waals surface area contributed by atoms with Gasteiger partial charge in [-0.2, -0.15) is 0 Å². The highest BCUT2D eigenvalue weighted by atomic mass is 79.9. The molecule has 1 aromatic heterocycles. The third kappa shape index (κ3) is 2.95. The number of fused-ring (bicyclic) bond motifs is 1. The number of halogens is 1. The Morgan fingerprint density at radius 2 is 1.86 bits per heavy atom. The Kier molecular flexibility index (Phi) is 3.71. The Labute approximate surface area is 130 Å². The molecule has 3 rings (SSSR count). The average Bonchev–Trinajstić information content (AvgIpc) is 2.48. The lowest BCUT2D eigenvalue weighted by atomic mass is 10.1. The molecule has 3 nitrogen and oxygen atoms in total. The molecule has 0 atom stereocenters. The van der Waals surface area contributed by atoms with E-state index in [1.165, 1.54) is 6.92 Å². The summed E-state index contributed by atoms with van der Waals surface area (Å²) in [7, 11) is 0. The third-order valence-electron chi connectivity index (χ3n) is 3.14. The van der Waals surface area contributed by atoms with Gasteiger partial charge in [0.25, 0.3) is 0 Å². The third-order valence-corrected chi connectivity index (χ3v) is 3.63. The largest absolute Gasteiger partial charge is 0.438 e. The average molecular weight is 342 g/mol. The monoisotopic (exact) mass is 341 g/mol. The molecule has 0 aliphatic heterocycles. The van der Waals surface area contributed by atoms with Gasteiger partial charge >= 0.3 is 0 Å². The van der Waals surface area contributed by atoms with E-state index < -0.39 is 0 Å². The molecule has 0 saturated heterocycles. The maximum atomic E-state index is 11.6. The Morgan fingerprint density at radius 3 is 2.67 bits per heavy atom. The van der Waals surface area contributed by atoms with Gasteiger partial charge in [-0.05, 0) is 54.1 Å². The summed E-state index contributed by atoms with van der Waals surface area (Å²) in [5.41, 5.74) is 0.480. The summed E-state index contributed by atoms with van der Waals surface area (Å²) in [6.45, 7) is 1.50. The van der Waals surface area contributed by atoms with Crippen LogP contribution >= 0.6 is 15.9 Å². The molecule has 0 amide bonds. The molecule has 0 spiro atoms. The number of ketones is 1. The van der Waals surface area contributed by atoms with E-state index in [-0.39, 0.29) is 5.78 Å². The summed E-state index contributed by atoms with van der Waals surface area (Å²) < 4.78 is 6.80. The van der Waals surface area contributed by atoms with E-state index in [0.29, 0.717) is 17.2 Å². The molecule has 0 saturated carbocycles. The number of hydrogen-bond donors (Lipinski definition) is 0. The highest BCUT2D eigenvalue weighted by molar-refractivity contribution is 9.10. The zero-order chi connectivity index (χ0) is 14.8. The molecule has 3 aromatic rings. The van der Waals surface area contributed by atoms with Gasteiger partial charge in [-0.1, -0.05) is 28.1 Å². The van der Waals surface area contributed by atoms with Crippen LogP contribution in [0.5, 0.6) is 11.6 Å². The molecule has 104 valence electrons. The highest BCUT2D eigenvalue weighted by Crippen LogP contribution is 2.28. The van der Waals surface area contributed by atoms with Gasteiger partial charge in [-0.3, -0.25) is 4.79 Å². The minimum atomic E-state index is -0.0668. The lowest BCUT2D eigenvalue weighted by Gasteiger charge is -2.09. The summed E-state index contributed by atoms with van der Waals surface area (Å²) in [4.78, 5) is 15.7. The van der Waals surface area contributed by atoms with Gasteiger partial charge in [0.15, 0.2) is 5.78 Å². The van der Waals surface area contributed by atoms with E-state index in [4.69, 9.17) is 4.74 Å². The van der Waals surface area contributed by atoms with Crippen LogP contribution in [0, 0.1) is 0 Å². The number of nitrogens with zero attached hydrogens (tertiary/aromatic N) is 1. The van der Waals surface area contributed by atoms with E-state index in [2.05, 4.69) is 20.9 Å². The number of aromatic nitrogens is 1. The van der Waals surface area contributed by atoms with Crippen molar-refractivity contribution >= 4 is 32.5 Å². The van der Waals surface area contributed by atoms with Gasteiger partial charge in [0.05, 0.1) is 5.56 Å². The topological polar surface area (TPSA) is 39.2 Å². The number of benzene rings is 2. The molecule has 4 heteroatoms. The van der Waals surface area contributed by atoms with Gasteiger partial charge in [0.1, 0.15) is 5.75 Å². The number of carbonyl (C=O) groups is 1. The molecule has 2 aromatic carbocycles. The molecular weight excluding hydrogens is 330 g/mol. The first kappa shape index (κ1) is 13.8. The number of pyridine rings is 1. The summed E-state index contributed by atoms with van der Waals surface area (Å²) in [6.07, 6.45) is 1.61. The molecule has 1 heterocycles. The quantitative estimate of drug-likeness (QED) is 0.630. The second-order valence-electron chi connectivity index (χ2n) is 4.67. The van der Waals surface area contributed by atoms with Crippen molar-refractivity contribution in [2.45, 2.75) is 6.92 Å². The first-order chi connectivity index (χ1) is 10.1. The van der Waals surface area contributed by atoms with Crippen molar-refractivity contribution in [3.8, 4) is 11.6 Å². The summed E-state index contributed by atoms with van der Waals surface area (Å²) >= 11 is 3.45. The van der Waals surface area contributed by atoms with Gasteiger partial charge in [-0.15, -0.1) is 0 Å². The minimum Gasteiger partial charge on any atom is -0.438 e. The summed E-state index contributed by atoms with van der Waals surface area (Å²) in [6, 6.07) is 15.2. The lowest BCUT2D eigenvalue weighted by Crippen LogP contribution is -1.98. The zero-order valence-electron chi connectivity index (χ0n) is 11.3. The SMILES string of the molecule is CC(=O)c1cccnc1Oc1ccc2cc(Br)ccc2c1. The van der Waals surface area contributed by atoms with E-state index in [1.54, 1.807) is 18.3 Å². The fourth-order valence-electron chi connectivity index (χ4n) is 2.11. The molecule has 0 N–H and O–H groups in total. The van der Waals surface area contributed by atoms with Crippen LogP contribution in [-0.4, -0.2) is 10.8 Å². The van der Waals surface area contributed by atoms with Crippen molar-refractivity contribution in [3.05, 3.63) is 64.8 Å². The van der Waals surface area contributed by atoms with Crippen molar-refractivity contribution in [3.63, 3.8) is 0 Å².